The lowest BCUT2D eigenvalue weighted by Crippen LogP contribution is -2.07. The Labute approximate surface area is 135 Å². The highest BCUT2D eigenvalue weighted by atomic mass is 19.4. The van der Waals surface area contributed by atoms with E-state index in [0.29, 0.717) is 28.2 Å². The fourth-order valence-corrected chi connectivity index (χ4v) is 2.64. The summed E-state index contributed by atoms with van der Waals surface area (Å²) in [5, 5.41) is 14.6. The first-order chi connectivity index (χ1) is 11.2. The van der Waals surface area contributed by atoms with Gasteiger partial charge in [-0.15, -0.1) is 0 Å². The van der Waals surface area contributed by atoms with E-state index in [4.69, 9.17) is 0 Å². The van der Waals surface area contributed by atoms with Crippen molar-refractivity contribution in [3.63, 3.8) is 0 Å². The van der Waals surface area contributed by atoms with Gasteiger partial charge in [0, 0.05) is 29.1 Å². The van der Waals surface area contributed by atoms with Crippen molar-refractivity contribution >= 4 is 5.65 Å². The standard InChI is InChI=1S/C16H15F3N4O/c1-8(2)14-9(3)21-13-6-11(22-23(13)15(14)24)10-4-5-12(20-7-10)16(17,18)19/h4-8,24H,1-3H3. The van der Waals surface area contributed by atoms with Crippen LogP contribution in [0.4, 0.5) is 13.2 Å². The molecule has 0 bridgehead atoms. The molecule has 0 saturated heterocycles. The molecule has 3 rings (SSSR count). The minimum Gasteiger partial charge on any atom is -0.493 e. The highest BCUT2D eigenvalue weighted by molar-refractivity contribution is 5.64. The van der Waals surface area contributed by atoms with Gasteiger partial charge in [-0.25, -0.2) is 4.98 Å². The summed E-state index contributed by atoms with van der Waals surface area (Å²) in [6.07, 6.45) is -3.38. The smallest absolute Gasteiger partial charge is 0.433 e. The number of alkyl halides is 3. The number of hydrogen-bond donors (Lipinski definition) is 1. The Hall–Kier alpha value is -2.64. The zero-order valence-electron chi connectivity index (χ0n) is 13.3. The summed E-state index contributed by atoms with van der Waals surface area (Å²) >= 11 is 0. The summed E-state index contributed by atoms with van der Waals surface area (Å²) in [7, 11) is 0. The van der Waals surface area contributed by atoms with Crippen LogP contribution >= 0.6 is 0 Å². The van der Waals surface area contributed by atoms with Crippen molar-refractivity contribution in [3.05, 3.63) is 41.3 Å². The summed E-state index contributed by atoms with van der Waals surface area (Å²) in [5.74, 6) is 0.0425. The fourth-order valence-electron chi connectivity index (χ4n) is 2.64. The van der Waals surface area contributed by atoms with Crippen molar-refractivity contribution in [3.8, 4) is 17.1 Å². The van der Waals surface area contributed by atoms with Crippen molar-refractivity contribution < 1.29 is 18.3 Å². The molecule has 126 valence electrons. The number of halogens is 3. The molecule has 0 amide bonds. The van der Waals surface area contributed by atoms with Crippen molar-refractivity contribution in [1.82, 2.24) is 19.6 Å². The Kier molecular flexibility index (Phi) is 3.70. The van der Waals surface area contributed by atoms with Crippen LogP contribution in [0.3, 0.4) is 0 Å². The molecule has 0 atom stereocenters. The molecule has 0 aliphatic heterocycles. The first kappa shape index (κ1) is 16.2. The lowest BCUT2D eigenvalue weighted by molar-refractivity contribution is -0.141. The van der Waals surface area contributed by atoms with E-state index in [2.05, 4.69) is 15.1 Å². The van der Waals surface area contributed by atoms with Gasteiger partial charge < -0.3 is 5.11 Å². The molecule has 0 spiro atoms. The molecule has 0 aromatic carbocycles. The zero-order chi connectivity index (χ0) is 17.6. The summed E-state index contributed by atoms with van der Waals surface area (Å²) in [6, 6.07) is 3.80. The fraction of sp³-hybridized carbons (Fsp3) is 0.312. The molecule has 24 heavy (non-hydrogen) atoms. The van der Waals surface area contributed by atoms with Gasteiger partial charge in [0.15, 0.2) is 5.65 Å². The van der Waals surface area contributed by atoms with Crippen LogP contribution in [-0.2, 0) is 6.18 Å². The highest BCUT2D eigenvalue weighted by Crippen LogP contribution is 2.31. The van der Waals surface area contributed by atoms with Gasteiger partial charge in [-0.3, -0.25) is 4.98 Å². The summed E-state index contributed by atoms with van der Waals surface area (Å²) in [4.78, 5) is 7.83. The van der Waals surface area contributed by atoms with Crippen LogP contribution in [0.2, 0.25) is 0 Å². The second kappa shape index (κ2) is 5.47. The van der Waals surface area contributed by atoms with Gasteiger partial charge in [0.05, 0.1) is 5.69 Å². The van der Waals surface area contributed by atoms with E-state index >= 15 is 0 Å². The van der Waals surface area contributed by atoms with E-state index in [9.17, 15) is 18.3 Å². The maximum Gasteiger partial charge on any atom is 0.433 e. The van der Waals surface area contributed by atoms with Gasteiger partial charge in [0.25, 0.3) is 0 Å². The number of fused-ring (bicyclic) bond motifs is 1. The second-order valence-corrected chi connectivity index (χ2v) is 5.82. The van der Waals surface area contributed by atoms with E-state index in [1.165, 1.54) is 10.6 Å². The van der Waals surface area contributed by atoms with Crippen LogP contribution in [0.1, 0.15) is 36.7 Å². The normalized spacial score (nSPS) is 12.3. The Bertz CT molecular complexity index is 898. The molecule has 5 nitrogen and oxygen atoms in total. The lowest BCUT2D eigenvalue weighted by atomic mass is 10.0. The van der Waals surface area contributed by atoms with Crippen LogP contribution in [0, 0.1) is 6.92 Å². The van der Waals surface area contributed by atoms with Gasteiger partial charge in [0.1, 0.15) is 5.69 Å². The number of aromatic hydroxyl groups is 1. The van der Waals surface area contributed by atoms with Gasteiger partial charge in [-0.2, -0.15) is 22.8 Å². The minimum atomic E-state index is -4.49. The Morgan fingerprint density at radius 1 is 1.21 bits per heavy atom. The predicted molar refractivity (Wildman–Crippen MR) is 81.7 cm³/mol. The molecule has 0 aliphatic rings. The molecule has 0 aliphatic carbocycles. The maximum atomic E-state index is 12.6. The number of nitrogens with zero attached hydrogens (tertiary/aromatic N) is 4. The van der Waals surface area contributed by atoms with Gasteiger partial charge in [0.2, 0.25) is 5.88 Å². The average Bonchev–Trinajstić information content (AvgIpc) is 2.90. The predicted octanol–water partition coefficient (Wildman–Crippen LogP) is 3.95. The molecule has 0 fully saturated rings. The number of aryl methyl sites for hydroxylation is 1. The van der Waals surface area contributed by atoms with E-state index < -0.39 is 11.9 Å². The number of aromatic nitrogens is 4. The van der Waals surface area contributed by atoms with E-state index in [-0.39, 0.29) is 11.8 Å². The number of rotatable bonds is 2. The van der Waals surface area contributed by atoms with Crippen molar-refractivity contribution in [2.45, 2.75) is 32.9 Å². The number of pyridine rings is 1. The maximum absolute atomic E-state index is 12.6. The molecule has 0 saturated carbocycles. The van der Waals surface area contributed by atoms with Gasteiger partial charge >= 0.3 is 6.18 Å². The van der Waals surface area contributed by atoms with Gasteiger partial charge in [-0.05, 0) is 25.0 Å². The first-order valence-electron chi connectivity index (χ1n) is 7.31. The molecule has 3 heterocycles. The molecule has 0 radical (unpaired) electrons. The molecule has 0 unspecified atom stereocenters. The zero-order valence-corrected chi connectivity index (χ0v) is 13.3. The third-order valence-electron chi connectivity index (χ3n) is 3.73. The van der Waals surface area contributed by atoms with E-state index in [1.807, 2.05) is 13.8 Å². The minimum absolute atomic E-state index is 0.0152. The van der Waals surface area contributed by atoms with Crippen LogP contribution in [0.25, 0.3) is 16.9 Å². The Morgan fingerprint density at radius 2 is 1.92 bits per heavy atom. The lowest BCUT2D eigenvalue weighted by Gasteiger charge is -2.11. The second-order valence-electron chi connectivity index (χ2n) is 5.82. The van der Waals surface area contributed by atoms with Crippen LogP contribution in [0.5, 0.6) is 5.88 Å². The monoisotopic (exact) mass is 336 g/mol. The molecule has 1 N–H and O–H groups in total. The molecule has 3 aromatic heterocycles. The molecule has 8 heteroatoms. The first-order valence-corrected chi connectivity index (χ1v) is 7.31. The average molecular weight is 336 g/mol. The number of hydrogen-bond acceptors (Lipinski definition) is 4. The largest absolute Gasteiger partial charge is 0.493 e. The van der Waals surface area contributed by atoms with Crippen LogP contribution in [0.15, 0.2) is 24.4 Å². The highest BCUT2D eigenvalue weighted by Gasteiger charge is 2.32. The van der Waals surface area contributed by atoms with E-state index in [1.54, 1.807) is 13.0 Å². The van der Waals surface area contributed by atoms with E-state index in [0.717, 1.165) is 12.3 Å². The van der Waals surface area contributed by atoms with Crippen LogP contribution in [-0.4, -0.2) is 24.7 Å². The molecular formula is C16H15F3N4O. The summed E-state index contributed by atoms with van der Waals surface area (Å²) in [6.45, 7) is 5.65. The summed E-state index contributed by atoms with van der Waals surface area (Å²) < 4.78 is 39.0. The Balaban J connectivity index is 2.10. The molecular weight excluding hydrogens is 321 g/mol. The van der Waals surface area contributed by atoms with Crippen molar-refractivity contribution in [2.75, 3.05) is 0 Å². The Morgan fingerprint density at radius 3 is 2.46 bits per heavy atom. The third kappa shape index (κ3) is 2.68. The van der Waals surface area contributed by atoms with Gasteiger partial charge in [-0.1, -0.05) is 13.8 Å². The quantitative estimate of drug-likeness (QED) is 0.770. The summed E-state index contributed by atoms with van der Waals surface area (Å²) in [5.41, 5.74) is 1.63. The van der Waals surface area contributed by atoms with Crippen LogP contribution < -0.4 is 0 Å². The van der Waals surface area contributed by atoms with Crippen molar-refractivity contribution in [1.29, 1.82) is 0 Å². The molecule has 3 aromatic rings. The van der Waals surface area contributed by atoms with Crippen molar-refractivity contribution in [2.24, 2.45) is 0 Å². The topological polar surface area (TPSA) is 63.3 Å². The third-order valence-corrected chi connectivity index (χ3v) is 3.73. The SMILES string of the molecule is Cc1nc2cc(-c3ccc(C(F)(F)F)nc3)nn2c(O)c1C(C)C.